The molecule has 2 heterocycles. The predicted octanol–water partition coefficient (Wildman–Crippen LogP) is 4.05. The topological polar surface area (TPSA) is 154 Å². The Morgan fingerprint density at radius 2 is 1.80 bits per heavy atom. The average Bonchev–Trinajstić information content (AvgIpc) is 3.41. The molecule has 0 radical (unpaired) electrons. The zero-order valence-electron chi connectivity index (χ0n) is 25.9. The molecule has 10 heteroatoms. The van der Waals surface area contributed by atoms with E-state index in [-0.39, 0.29) is 17.7 Å². The van der Waals surface area contributed by atoms with Gasteiger partial charge in [0.15, 0.2) is 5.78 Å². The number of ether oxygens (including phenoxy) is 1. The largest absolute Gasteiger partial charge is 0.444 e. The maximum Gasteiger partial charge on any atom is 0.410 e. The van der Waals surface area contributed by atoms with Crippen molar-refractivity contribution in [2.75, 3.05) is 18.8 Å². The summed E-state index contributed by atoms with van der Waals surface area (Å²) < 4.78 is 5.55. The average molecular weight is 628 g/mol. The number of Topliss-reactive ketones (excluding diaryl/α,β-unsaturated/α-hetero) is 1. The van der Waals surface area contributed by atoms with Gasteiger partial charge >= 0.3 is 6.09 Å². The van der Waals surface area contributed by atoms with Crippen LogP contribution in [0.25, 0.3) is 0 Å². The number of hydrogen-bond donors (Lipinski definition) is 4. The number of anilines is 1. The fraction of sp³-hybridized carbons (Fsp3) is 0.400. The van der Waals surface area contributed by atoms with E-state index in [2.05, 4.69) is 17.4 Å². The number of hydrogen-bond acceptors (Lipinski definition) is 8. The van der Waals surface area contributed by atoms with Gasteiger partial charge in [0.2, 0.25) is 5.91 Å². The number of nitrogens with two attached hydrogens (primary N) is 3. The molecule has 1 saturated heterocycles. The summed E-state index contributed by atoms with van der Waals surface area (Å²) in [5, 5.41) is 2.47. The Kier molecular flexibility index (Phi) is 8.18. The van der Waals surface area contributed by atoms with Crippen molar-refractivity contribution in [2.24, 2.45) is 11.5 Å². The number of benzene rings is 3. The molecule has 9 nitrogen and oxygen atoms in total. The van der Waals surface area contributed by atoms with Crippen LogP contribution in [0, 0.1) is 0 Å². The van der Waals surface area contributed by atoms with Gasteiger partial charge in [0.25, 0.3) is 0 Å². The second-order valence-electron chi connectivity index (χ2n) is 13.3. The van der Waals surface area contributed by atoms with Gasteiger partial charge < -0.3 is 32.2 Å². The van der Waals surface area contributed by atoms with Crippen LogP contribution in [0.4, 0.5) is 10.5 Å². The van der Waals surface area contributed by atoms with Crippen LogP contribution < -0.4 is 22.5 Å². The number of likely N-dealkylation sites (tertiary alicyclic amines) is 1. The first kappa shape index (κ1) is 31.1. The molecule has 5 atom stereocenters. The Morgan fingerprint density at radius 3 is 2.53 bits per heavy atom. The summed E-state index contributed by atoms with van der Waals surface area (Å²) in [4.78, 5) is 43.3. The molecule has 0 spiro atoms. The Bertz CT molecular complexity index is 1640. The number of nitrogens with zero attached hydrogens (tertiary/aromatic N) is 1. The lowest BCUT2D eigenvalue weighted by atomic mass is 9.65. The van der Waals surface area contributed by atoms with Crippen molar-refractivity contribution in [1.29, 1.82) is 0 Å². The fourth-order valence-electron chi connectivity index (χ4n) is 6.84. The molecule has 0 unspecified atom stereocenters. The summed E-state index contributed by atoms with van der Waals surface area (Å²) in [5.41, 5.74) is 23.0. The van der Waals surface area contributed by atoms with Crippen LogP contribution in [0.3, 0.4) is 0 Å². The lowest BCUT2D eigenvalue weighted by Gasteiger charge is -2.41. The smallest absolute Gasteiger partial charge is 0.410 e. The van der Waals surface area contributed by atoms with Crippen LogP contribution in [0.5, 0.6) is 0 Å². The Labute approximate surface area is 268 Å². The third-order valence-corrected chi connectivity index (χ3v) is 10.4. The number of amides is 2. The number of carbonyl (C=O) groups excluding carboxylic acids is 3. The maximum atomic E-state index is 14.3. The Balaban J connectivity index is 1.28. The molecule has 6 rings (SSSR count). The summed E-state index contributed by atoms with van der Waals surface area (Å²) in [6, 6.07) is 20.2. The van der Waals surface area contributed by atoms with E-state index in [1.807, 2.05) is 69.3 Å². The third-order valence-electron chi connectivity index (χ3n) is 8.95. The first-order chi connectivity index (χ1) is 21.4. The molecule has 2 amide bonds. The van der Waals surface area contributed by atoms with E-state index in [9.17, 15) is 14.4 Å². The first-order valence-corrected chi connectivity index (χ1v) is 16.3. The molecule has 1 fully saturated rings. The lowest BCUT2D eigenvalue weighted by molar-refractivity contribution is -0.126. The molecule has 0 saturated carbocycles. The molecule has 236 valence electrons. The number of nitrogens with one attached hydrogen (secondary N) is 1. The third kappa shape index (κ3) is 5.82. The minimum Gasteiger partial charge on any atom is -0.444 e. The fourth-order valence-corrected chi connectivity index (χ4v) is 8.30. The number of carbonyl (C=O) groups is 3. The standard InChI is InChI=1S/C35H41N5O4S/c1-34(2,3)44-33(43)40-16-8-13-23(19-40)39-32(42)30-27-26-24(14-15-25(36)29(26)45-30)35(38,31(41)28(27)37)22-12-7-11-21(18-22)17-20-9-5-4-6-10-20/h4-7,9-12,14-15,18,23,27-28,30H,8,13,16-17,19,36-38H2,1-3H3,(H,39,42)/t23-,27-,28-,30-,35-/m1/s1. The number of ketones is 1. The van der Waals surface area contributed by atoms with Crippen molar-refractivity contribution in [2.45, 2.75) is 79.3 Å². The van der Waals surface area contributed by atoms with Crippen LogP contribution in [0.15, 0.2) is 71.6 Å². The molecule has 3 aliphatic rings. The maximum absolute atomic E-state index is 14.3. The van der Waals surface area contributed by atoms with E-state index in [0.717, 1.165) is 34.4 Å². The quantitative estimate of drug-likeness (QED) is 0.309. The van der Waals surface area contributed by atoms with E-state index >= 15 is 0 Å². The van der Waals surface area contributed by atoms with Crippen molar-refractivity contribution in [3.8, 4) is 0 Å². The van der Waals surface area contributed by atoms with Crippen molar-refractivity contribution in [3.05, 3.63) is 94.5 Å². The van der Waals surface area contributed by atoms with E-state index < -0.39 is 34.4 Å². The van der Waals surface area contributed by atoms with Crippen LogP contribution in [-0.4, -0.2) is 58.7 Å². The van der Waals surface area contributed by atoms with E-state index in [4.69, 9.17) is 21.9 Å². The van der Waals surface area contributed by atoms with Gasteiger partial charge in [0.1, 0.15) is 11.1 Å². The number of rotatable bonds is 5. The van der Waals surface area contributed by atoms with Crippen molar-refractivity contribution in [1.82, 2.24) is 10.2 Å². The van der Waals surface area contributed by atoms with Gasteiger partial charge in [-0.2, -0.15) is 0 Å². The molecule has 3 aromatic carbocycles. The summed E-state index contributed by atoms with van der Waals surface area (Å²) >= 11 is 1.34. The van der Waals surface area contributed by atoms with Crippen LogP contribution in [0.1, 0.15) is 67.3 Å². The highest BCUT2D eigenvalue weighted by molar-refractivity contribution is 8.01. The minimum atomic E-state index is -1.50. The van der Waals surface area contributed by atoms with Crippen molar-refractivity contribution < 1.29 is 19.1 Å². The lowest BCUT2D eigenvalue weighted by Crippen LogP contribution is -2.61. The van der Waals surface area contributed by atoms with E-state index in [1.165, 1.54) is 11.8 Å². The zero-order chi connectivity index (χ0) is 32.1. The van der Waals surface area contributed by atoms with Crippen LogP contribution in [0.2, 0.25) is 0 Å². The second-order valence-corrected chi connectivity index (χ2v) is 14.5. The minimum absolute atomic E-state index is 0.236. The SMILES string of the molecule is CC(C)(C)OC(=O)N1CCC[C@@H](NC(=O)[C@@H]2Sc3c(N)ccc4c3[C@@H]2[C@@H](N)C(=O)[C@@]4(N)c2cccc(Cc3ccccc3)c2)C1. The highest BCUT2D eigenvalue weighted by Gasteiger charge is 2.56. The Hall–Kier alpha value is -3.86. The van der Waals surface area contributed by atoms with E-state index in [0.29, 0.717) is 36.3 Å². The predicted molar refractivity (Wildman–Crippen MR) is 176 cm³/mol. The molecule has 1 aliphatic carbocycles. The van der Waals surface area contributed by atoms with E-state index in [1.54, 1.807) is 11.0 Å². The summed E-state index contributed by atoms with van der Waals surface area (Å²) in [5.74, 6) is -1.16. The molecule has 7 N–H and O–H groups in total. The van der Waals surface area contributed by atoms with Gasteiger partial charge in [-0.05, 0) is 73.9 Å². The van der Waals surface area contributed by atoms with Crippen LogP contribution in [-0.2, 0) is 26.3 Å². The van der Waals surface area contributed by atoms with Crippen molar-refractivity contribution >= 4 is 35.2 Å². The summed E-state index contributed by atoms with van der Waals surface area (Å²) in [6.07, 6.45) is 1.76. The zero-order valence-corrected chi connectivity index (χ0v) is 26.7. The summed E-state index contributed by atoms with van der Waals surface area (Å²) in [6.45, 7) is 6.40. The normalized spacial score (nSPS) is 25.9. The number of piperidine rings is 1. The second kappa shape index (κ2) is 11.8. The number of thioether (sulfide) groups is 1. The van der Waals surface area contributed by atoms with Gasteiger partial charge in [-0.1, -0.05) is 60.7 Å². The Morgan fingerprint density at radius 1 is 1.07 bits per heavy atom. The monoisotopic (exact) mass is 627 g/mol. The molecule has 45 heavy (non-hydrogen) atoms. The van der Waals surface area contributed by atoms with Gasteiger partial charge in [0, 0.05) is 35.6 Å². The van der Waals surface area contributed by atoms with Gasteiger partial charge in [-0.3, -0.25) is 9.59 Å². The molecule has 0 bridgehead atoms. The first-order valence-electron chi connectivity index (χ1n) is 15.5. The molecule has 3 aromatic rings. The molecule has 0 aromatic heterocycles. The van der Waals surface area contributed by atoms with Crippen molar-refractivity contribution in [3.63, 3.8) is 0 Å². The number of nitrogen functional groups attached to an aromatic ring is 1. The van der Waals surface area contributed by atoms with Gasteiger partial charge in [-0.25, -0.2) is 4.79 Å². The van der Waals surface area contributed by atoms with Gasteiger partial charge in [-0.15, -0.1) is 11.8 Å². The highest BCUT2D eigenvalue weighted by atomic mass is 32.2. The summed E-state index contributed by atoms with van der Waals surface area (Å²) in [7, 11) is 0. The molecular formula is C35H41N5O4S. The molecule has 2 aliphatic heterocycles. The van der Waals surface area contributed by atoms with Crippen LogP contribution >= 0.6 is 11.8 Å². The van der Waals surface area contributed by atoms with Gasteiger partial charge in [0.05, 0.1) is 11.3 Å². The highest BCUT2D eigenvalue weighted by Crippen LogP contribution is 2.56. The molecular weight excluding hydrogens is 586 g/mol.